The van der Waals surface area contributed by atoms with Gasteiger partial charge in [-0.05, 0) is 37.5 Å². The van der Waals surface area contributed by atoms with Gasteiger partial charge in [-0.15, -0.1) is 0 Å². The molecule has 27 heavy (non-hydrogen) atoms. The van der Waals surface area contributed by atoms with Crippen molar-refractivity contribution >= 4 is 0 Å². The van der Waals surface area contributed by atoms with Gasteiger partial charge in [0.2, 0.25) is 0 Å². The highest BCUT2D eigenvalue weighted by atomic mass is 16.3. The van der Waals surface area contributed by atoms with Crippen LogP contribution in [-0.4, -0.2) is 44.8 Å². The van der Waals surface area contributed by atoms with Crippen LogP contribution in [0, 0.1) is 11.8 Å². The standard InChI is InChI=1S/C23H31N3O/c27-22-14-19-16-25(20-9-5-2-6-10-20)15-18(19)13-21(22)26-12-11-24-23(26)17-7-3-1-4-8-17/h1,3-4,7-8,11-12,18-22,27H,2,5-6,9-10,13-16H2/t18-,19+,21-,22-/m0/s1. The van der Waals surface area contributed by atoms with Gasteiger partial charge in [0, 0.05) is 37.1 Å². The summed E-state index contributed by atoms with van der Waals surface area (Å²) in [6.45, 7) is 2.43. The number of aliphatic hydroxyl groups excluding tert-OH is 1. The van der Waals surface area contributed by atoms with E-state index < -0.39 is 0 Å². The molecule has 1 aliphatic heterocycles. The molecule has 0 amide bonds. The number of aromatic nitrogens is 2. The van der Waals surface area contributed by atoms with Crippen LogP contribution in [-0.2, 0) is 0 Å². The molecule has 0 unspecified atom stereocenters. The van der Waals surface area contributed by atoms with Crippen LogP contribution < -0.4 is 0 Å². The highest BCUT2D eigenvalue weighted by molar-refractivity contribution is 5.55. The van der Waals surface area contributed by atoms with Gasteiger partial charge >= 0.3 is 0 Å². The van der Waals surface area contributed by atoms with Gasteiger partial charge in [0.15, 0.2) is 0 Å². The second kappa shape index (κ2) is 7.40. The molecule has 144 valence electrons. The zero-order chi connectivity index (χ0) is 18.2. The summed E-state index contributed by atoms with van der Waals surface area (Å²) in [7, 11) is 0. The Morgan fingerprint density at radius 3 is 2.44 bits per heavy atom. The van der Waals surface area contributed by atoms with Crippen molar-refractivity contribution in [3.63, 3.8) is 0 Å². The molecule has 3 aliphatic rings. The molecule has 4 atom stereocenters. The van der Waals surface area contributed by atoms with Crippen LogP contribution in [0.25, 0.3) is 11.4 Å². The molecule has 2 heterocycles. The van der Waals surface area contributed by atoms with Crippen molar-refractivity contribution < 1.29 is 5.11 Å². The first kappa shape index (κ1) is 17.4. The summed E-state index contributed by atoms with van der Waals surface area (Å²) < 4.78 is 2.24. The number of aliphatic hydroxyl groups is 1. The van der Waals surface area contributed by atoms with Crippen LogP contribution in [0.4, 0.5) is 0 Å². The third-order valence-electron chi connectivity index (χ3n) is 7.29. The average Bonchev–Trinajstić information content (AvgIpc) is 3.35. The lowest BCUT2D eigenvalue weighted by Gasteiger charge is -2.36. The molecule has 1 aromatic carbocycles. The number of rotatable bonds is 3. The SMILES string of the molecule is O[C@H]1C[C@@H]2CN(C3CCCCC3)C[C@@H]2C[C@@H]1n1ccnc1-c1ccccc1. The number of imidazole rings is 1. The van der Waals surface area contributed by atoms with Gasteiger partial charge in [0.25, 0.3) is 0 Å². The van der Waals surface area contributed by atoms with E-state index in [1.165, 1.54) is 45.2 Å². The van der Waals surface area contributed by atoms with Gasteiger partial charge in [0.1, 0.15) is 5.82 Å². The Morgan fingerprint density at radius 1 is 0.926 bits per heavy atom. The maximum absolute atomic E-state index is 11.0. The van der Waals surface area contributed by atoms with Gasteiger partial charge in [-0.2, -0.15) is 0 Å². The predicted molar refractivity (Wildman–Crippen MR) is 107 cm³/mol. The smallest absolute Gasteiger partial charge is 0.140 e. The fourth-order valence-corrected chi connectivity index (χ4v) is 5.88. The zero-order valence-corrected chi connectivity index (χ0v) is 16.1. The topological polar surface area (TPSA) is 41.3 Å². The van der Waals surface area contributed by atoms with Crippen molar-refractivity contribution in [1.82, 2.24) is 14.5 Å². The van der Waals surface area contributed by atoms with Crippen molar-refractivity contribution in [3.05, 3.63) is 42.7 Å². The average molecular weight is 366 g/mol. The third kappa shape index (κ3) is 3.34. The van der Waals surface area contributed by atoms with Gasteiger partial charge in [0.05, 0.1) is 12.1 Å². The Balaban J connectivity index is 1.34. The fourth-order valence-electron chi connectivity index (χ4n) is 5.88. The molecule has 1 saturated heterocycles. The number of fused-ring (bicyclic) bond motifs is 1. The molecular weight excluding hydrogens is 334 g/mol. The molecule has 2 saturated carbocycles. The Labute approximate surface area is 162 Å². The molecule has 0 spiro atoms. The van der Waals surface area contributed by atoms with E-state index in [0.717, 1.165) is 30.3 Å². The summed E-state index contributed by atoms with van der Waals surface area (Å²) in [5.74, 6) is 2.37. The summed E-state index contributed by atoms with van der Waals surface area (Å²) in [6, 6.07) is 11.3. The Hall–Kier alpha value is -1.65. The summed E-state index contributed by atoms with van der Waals surface area (Å²) in [5, 5.41) is 11.0. The second-order valence-corrected chi connectivity index (χ2v) is 8.90. The maximum atomic E-state index is 11.0. The first-order valence-electron chi connectivity index (χ1n) is 10.8. The highest BCUT2D eigenvalue weighted by Crippen LogP contribution is 2.43. The second-order valence-electron chi connectivity index (χ2n) is 8.90. The fraction of sp³-hybridized carbons (Fsp3) is 0.609. The van der Waals surface area contributed by atoms with Crippen molar-refractivity contribution in [3.8, 4) is 11.4 Å². The van der Waals surface area contributed by atoms with Crippen molar-refractivity contribution in [2.24, 2.45) is 11.8 Å². The third-order valence-corrected chi connectivity index (χ3v) is 7.29. The van der Waals surface area contributed by atoms with Crippen LogP contribution >= 0.6 is 0 Å². The molecular formula is C23H31N3O. The van der Waals surface area contributed by atoms with Crippen LogP contribution in [0.5, 0.6) is 0 Å². The van der Waals surface area contributed by atoms with Gasteiger partial charge < -0.3 is 9.67 Å². The Kier molecular flexibility index (Phi) is 4.78. The van der Waals surface area contributed by atoms with E-state index in [9.17, 15) is 5.11 Å². The van der Waals surface area contributed by atoms with Gasteiger partial charge in [-0.3, -0.25) is 4.90 Å². The van der Waals surface area contributed by atoms with E-state index in [1.54, 1.807) is 0 Å². The summed E-state index contributed by atoms with van der Waals surface area (Å²) >= 11 is 0. The van der Waals surface area contributed by atoms with E-state index in [-0.39, 0.29) is 12.1 Å². The largest absolute Gasteiger partial charge is 0.391 e. The van der Waals surface area contributed by atoms with Crippen LogP contribution in [0.1, 0.15) is 51.0 Å². The highest BCUT2D eigenvalue weighted by Gasteiger charge is 2.44. The van der Waals surface area contributed by atoms with Crippen LogP contribution in [0.15, 0.2) is 42.7 Å². The van der Waals surface area contributed by atoms with E-state index in [2.05, 4.69) is 44.9 Å². The van der Waals surface area contributed by atoms with E-state index in [4.69, 9.17) is 0 Å². The minimum Gasteiger partial charge on any atom is -0.391 e. The first-order chi connectivity index (χ1) is 13.3. The summed E-state index contributed by atoms with van der Waals surface area (Å²) in [6.07, 6.45) is 12.7. The molecule has 3 fully saturated rings. The number of likely N-dealkylation sites (tertiary alicyclic amines) is 1. The molecule has 2 aromatic rings. The number of benzene rings is 1. The molecule has 1 N–H and O–H groups in total. The van der Waals surface area contributed by atoms with Crippen molar-refractivity contribution in [1.29, 1.82) is 0 Å². The lowest BCUT2D eigenvalue weighted by Crippen LogP contribution is -2.36. The quantitative estimate of drug-likeness (QED) is 0.889. The van der Waals surface area contributed by atoms with Crippen molar-refractivity contribution in [2.45, 2.75) is 63.1 Å². The monoisotopic (exact) mass is 365 g/mol. The van der Waals surface area contributed by atoms with Gasteiger partial charge in [-0.25, -0.2) is 4.98 Å². The maximum Gasteiger partial charge on any atom is 0.140 e. The van der Waals surface area contributed by atoms with Gasteiger partial charge in [-0.1, -0.05) is 49.6 Å². The van der Waals surface area contributed by atoms with Crippen LogP contribution in [0.2, 0.25) is 0 Å². The Morgan fingerprint density at radius 2 is 1.67 bits per heavy atom. The molecule has 5 rings (SSSR count). The van der Waals surface area contributed by atoms with E-state index in [0.29, 0.717) is 11.8 Å². The molecule has 0 radical (unpaired) electrons. The number of hydrogen-bond donors (Lipinski definition) is 1. The molecule has 2 aliphatic carbocycles. The molecule has 0 bridgehead atoms. The summed E-state index contributed by atoms with van der Waals surface area (Å²) in [5.41, 5.74) is 1.13. The number of nitrogens with zero attached hydrogens (tertiary/aromatic N) is 3. The minimum absolute atomic E-state index is 0.148. The van der Waals surface area contributed by atoms with Crippen LogP contribution in [0.3, 0.4) is 0 Å². The first-order valence-corrected chi connectivity index (χ1v) is 10.8. The molecule has 1 aromatic heterocycles. The molecule has 4 heteroatoms. The Bertz CT molecular complexity index is 752. The zero-order valence-electron chi connectivity index (χ0n) is 16.1. The number of hydrogen-bond acceptors (Lipinski definition) is 3. The summed E-state index contributed by atoms with van der Waals surface area (Å²) in [4.78, 5) is 7.37. The van der Waals surface area contributed by atoms with E-state index >= 15 is 0 Å². The minimum atomic E-state index is -0.269. The van der Waals surface area contributed by atoms with E-state index in [1.807, 2.05) is 12.3 Å². The van der Waals surface area contributed by atoms with Crippen molar-refractivity contribution in [2.75, 3.05) is 13.1 Å². The molecule has 4 nitrogen and oxygen atoms in total. The predicted octanol–water partition coefficient (Wildman–Crippen LogP) is 4.13. The lowest BCUT2D eigenvalue weighted by atomic mass is 9.77. The normalized spacial score (nSPS) is 32.5. The lowest BCUT2D eigenvalue weighted by molar-refractivity contribution is 0.0364.